The molecule has 1 saturated heterocycles. The van der Waals surface area contributed by atoms with Gasteiger partial charge in [0.25, 0.3) is 0 Å². The predicted molar refractivity (Wildman–Crippen MR) is 98.5 cm³/mol. The van der Waals surface area contributed by atoms with Crippen LogP contribution in [-0.4, -0.2) is 53.9 Å². The Kier molecular flexibility index (Phi) is 6.89. The standard InChI is InChI=1S/C20H23F2N3O3/c21-17-5-4-15(10-18(17)22)19-12-25(7-8-28-19)20(27)24-11-14(13-26)9-16-3-1-2-6-23-16/h1-6,10,14,19,26H,7-9,11-13H2,(H,24,27). The predicted octanol–water partition coefficient (Wildman–Crippen LogP) is 2.29. The van der Waals surface area contributed by atoms with Crippen LogP contribution in [0.15, 0.2) is 42.6 Å². The summed E-state index contributed by atoms with van der Waals surface area (Å²) in [6.45, 7) is 1.17. The third kappa shape index (κ3) is 5.24. The maximum atomic E-state index is 13.5. The third-order valence-corrected chi connectivity index (χ3v) is 4.69. The van der Waals surface area contributed by atoms with Gasteiger partial charge in [0, 0.05) is 37.5 Å². The number of halogens is 2. The highest BCUT2D eigenvalue weighted by Gasteiger charge is 2.26. The van der Waals surface area contributed by atoms with E-state index >= 15 is 0 Å². The molecule has 0 bridgehead atoms. The van der Waals surface area contributed by atoms with Gasteiger partial charge in [0.1, 0.15) is 6.10 Å². The molecule has 1 aliphatic rings. The number of nitrogens with zero attached hydrogens (tertiary/aromatic N) is 2. The smallest absolute Gasteiger partial charge is 0.317 e. The van der Waals surface area contributed by atoms with Gasteiger partial charge in [-0.3, -0.25) is 4.98 Å². The van der Waals surface area contributed by atoms with E-state index in [2.05, 4.69) is 10.3 Å². The van der Waals surface area contributed by atoms with E-state index in [0.29, 0.717) is 31.7 Å². The summed E-state index contributed by atoms with van der Waals surface area (Å²) in [7, 11) is 0. The topological polar surface area (TPSA) is 74.7 Å². The second-order valence-electron chi connectivity index (χ2n) is 6.74. The number of morpholine rings is 1. The summed E-state index contributed by atoms with van der Waals surface area (Å²) in [4.78, 5) is 18.3. The molecule has 28 heavy (non-hydrogen) atoms. The minimum absolute atomic E-state index is 0.0720. The van der Waals surface area contributed by atoms with E-state index in [1.165, 1.54) is 6.07 Å². The lowest BCUT2D eigenvalue weighted by Gasteiger charge is -2.33. The van der Waals surface area contributed by atoms with Crippen LogP contribution >= 0.6 is 0 Å². The second kappa shape index (κ2) is 9.57. The van der Waals surface area contributed by atoms with E-state index in [4.69, 9.17) is 4.74 Å². The van der Waals surface area contributed by atoms with Crippen molar-refractivity contribution in [2.24, 2.45) is 5.92 Å². The van der Waals surface area contributed by atoms with Crippen LogP contribution in [0.2, 0.25) is 0 Å². The van der Waals surface area contributed by atoms with E-state index < -0.39 is 17.7 Å². The first-order valence-electron chi connectivity index (χ1n) is 9.17. The number of urea groups is 1. The van der Waals surface area contributed by atoms with Gasteiger partial charge in [0.2, 0.25) is 0 Å². The van der Waals surface area contributed by atoms with E-state index in [1.807, 2.05) is 18.2 Å². The van der Waals surface area contributed by atoms with Crippen LogP contribution < -0.4 is 5.32 Å². The molecule has 2 amide bonds. The van der Waals surface area contributed by atoms with Gasteiger partial charge in [-0.2, -0.15) is 0 Å². The van der Waals surface area contributed by atoms with Gasteiger partial charge >= 0.3 is 6.03 Å². The lowest BCUT2D eigenvalue weighted by molar-refractivity contribution is -0.0157. The van der Waals surface area contributed by atoms with Crippen LogP contribution in [0.1, 0.15) is 17.4 Å². The number of pyridine rings is 1. The van der Waals surface area contributed by atoms with Crippen LogP contribution in [0.25, 0.3) is 0 Å². The summed E-state index contributed by atoms with van der Waals surface area (Å²) < 4.78 is 32.2. The molecule has 150 valence electrons. The molecule has 2 atom stereocenters. The Bertz CT molecular complexity index is 792. The zero-order valence-corrected chi connectivity index (χ0v) is 15.4. The Balaban J connectivity index is 1.53. The number of ether oxygens (including phenoxy) is 1. The highest BCUT2D eigenvalue weighted by atomic mass is 19.2. The summed E-state index contributed by atoms with van der Waals surface area (Å²) in [5.41, 5.74) is 1.33. The summed E-state index contributed by atoms with van der Waals surface area (Å²) in [5, 5.41) is 12.4. The summed E-state index contributed by atoms with van der Waals surface area (Å²) in [6.07, 6.45) is 1.73. The largest absolute Gasteiger partial charge is 0.396 e. The molecule has 2 unspecified atom stereocenters. The Morgan fingerprint density at radius 3 is 2.89 bits per heavy atom. The third-order valence-electron chi connectivity index (χ3n) is 4.69. The number of hydrogen-bond acceptors (Lipinski definition) is 4. The van der Waals surface area contributed by atoms with Crippen molar-refractivity contribution < 1.29 is 23.4 Å². The molecule has 6 nitrogen and oxygen atoms in total. The molecular weight excluding hydrogens is 368 g/mol. The molecule has 1 aromatic carbocycles. The average molecular weight is 391 g/mol. The summed E-state index contributed by atoms with van der Waals surface area (Å²) in [6, 6.07) is 8.89. The first-order valence-corrected chi connectivity index (χ1v) is 9.17. The van der Waals surface area contributed by atoms with Gasteiger partial charge in [0.15, 0.2) is 11.6 Å². The Morgan fingerprint density at radius 1 is 1.32 bits per heavy atom. The number of hydrogen-bond donors (Lipinski definition) is 2. The maximum absolute atomic E-state index is 13.5. The average Bonchev–Trinajstić information content (AvgIpc) is 2.73. The number of carbonyl (C=O) groups is 1. The number of benzene rings is 1. The molecule has 0 radical (unpaired) electrons. The molecule has 2 N–H and O–H groups in total. The zero-order chi connectivity index (χ0) is 19.9. The normalized spacial score (nSPS) is 18.0. The summed E-state index contributed by atoms with van der Waals surface area (Å²) >= 11 is 0. The highest BCUT2D eigenvalue weighted by molar-refractivity contribution is 5.74. The maximum Gasteiger partial charge on any atom is 0.317 e. The van der Waals surface area contributed by atoms with Gasteiger partial charge in [0.05, 0.1) is 13.2 Å². The number of nitrogens with one attached hydrogen (secondary N) is 1. The van der Waals surface area contributed by atoms with Crippen molar-refractivity contribution in [1.29, 1.82) is 0 Å². The van der Waals surface area contributed by atoms with E-state index in [-0.39, 0.29) is 25.1 Å². The minimum Gasteiger partial charge on any atom is -0.396 e. The highest BCUT2D eigenvalue weighted by Crippen LogP contribution is 2.23. The van der Waals surface area contributed by atoms with Gasteiger partial charge < -0.3 is 20.1 Å². The number of amides is 2. The number of aromatic nitrogens is 1. The molecule has 2 heterocycles. The number of aliphatic hydroxyl groups excluding tert-OH is 1. The quantitative estimate of drug-likeness (QED) is 0.793. The Labute approximate surface area is 162 Å². The van der Waals surface area contributed by atoms with Crippen LogP contribution in [0, 0.1) is 17.6 Å². The summed E-state index contributed by atoms with van der Waals surface area (Å²) in [5.74, 6) is -2.01. The van der Waals surface area contributed by atoms with E-state index in [0.717, 1.165) is 17.8 Å². The van der Waals surface area contributed by atoms with Gasteiger partial charge in [-0.1, -0.05) is 12.1 Å². The van der Waals surface area contributed by atoms with Gasteiger partial charge in [-0.05, 0) is 36.2 Å². The number of rotatable bonds is 6. The van der Waals surface area contributed by atoms with E-state index in [1.54, 1.807) is 11.1 Å². The van der Waals surface area contributed by atoms with Crippen molar-refractivity contribution in [2.75, 3.05) is 32.8 Å². The Hall–Kier alpha value is -2.58. The number of aliphatic hydroxyl groups is 1. The minimum atomic E-state index is -0.942. The fraction of sp³-hybridized carbons (Fsp3) is 0.400. The van der Waals surface area contributed by atoms with Crippen molar-refractivity contribution >= 4 is 6.03 Å². The van der Waals surface area contributed by atoms with Crippen LogP contribution in [0.5, 0.6) is 0 Å². The lowest BCUT2D eigenvalue weighted by atomic mass is 10.0. The molecule has 1 aromatic heterocycles. The second-order valence-corrected chi connectivity index (χ2v) is 6.74. The fourth-order valence-corrected chi connectivity index (χ4v) is 3.11. The van der Waals surface area contributed by atoms with Crippen molar-refractivity contribution in [2.45, 2.75) is 12.5 Å². The zero-order valence-electron chi connectivity index (χ0n) is 15.4. The lowest BCUT2D eigenvalue weighted by Crippen LogP contribution is -2.48. The SMILES string of the molecule is O=C(NCC(CO)Cc1ccccn1)N1CCOC(c2ccc(F)c(F)c2)C1. The van der Waals surface area contributed by atoms with Crippen LogP contribution in [0.3, 0.4) is 0 Å². The van der Waals surface area contributed by atoms with Crippen molar-refractivity contribution in [3.05, 3.63) is 65.5 Å². The molecule has 3 rings (SSSR count). The van der Waals surface area contributed by atoms with Crippen LogP contribution in [-0.2, 0) is 11.2 Å². The molecular formula is C20H23F2N3O3. The van der Waals surface area contributed by atoms with Gasteiger partial charge in [-0.25, -0.2) is 13.6 Å². The van der Waals surface area contributed by atoms with Gasteiger partial charge in [-0.15, -0.1) is 0 Å². The molecule has 2 aromatic rings. The molecule has 1 aliphatic heterocycles. The molecule has 1 fully saturated rings. The van der Waals surface area contributed by atoms with E-state index in [9.17, 15) is 18.7 Å². The first kappa shape index (κ1) is 20.2. The first-order chi connectivity index (χ1) is 13.6. The fourth-order valence-electron chi connectivity index (χ4n) is 3.11. The monoisotopic (exact) mass is 391 g/mol. The van der Waals surface area contributed by atoms with Crippen molar-refractivity contribution in [3.63, 3.8) is 0 Å². The molecule has 8 heteroatoms. The Morgan fingerprint density at radius 2 is 2.18 bits per heavy atom. The van der Waals surface area contributed by atoms with Crippen molar-refractivity contribution in [1.82, 2.24) is 15.2 Å². The van der Waals surface area contributed by atoms with Crippen LogP contribution in [0.4, 0.5) is 13.6 Å². The number of carbonyl (C=O) groups excluding carboxylic acids is 1. The van der Waals surface area contributed by atoms with Crippen molar-refractivity contribution in [3.8, 4) is 0 Å². The molecule has 0 aliphatic carbocycles. The molecule has 0 saturated carbocycles. The molecule has 0 spiro atoms.